The molecule has 0 aliphatic heterocycles. The first-order valence-electron chi connectivity index (χ1n) is 11.7. The standard InChI is InChI=1S/2C8H7N.2C5H10O2.CH3Br.CH4S/c2*1-2-4-8-7(3-1)5-6-9-8;2*1-3-5(6)7-4-2;2*1-2/h2*1-6,9H;2*3-4H2,1-2H3;1H3;2H,1H3. The Balaban J connectivity index is 0. The van der Waals surface area contributed by atoms with Crippen LogP contribution in [0.25, 0.3) is 21.8 Å². The Morgan fingerprint density at radius 3 is 1.25 bits per heavy atom. The largest absolute Gasteiger partial charge is 0.466 e. The highest BCUT2D eigenvalue weighted by molar-refractivity contribution is 9.08. The van der Waals surface area contributed by atoms with Crippen LogP contribution in [-0.2, 0) is 19.1 Å². The highest BCUT2D eigenvalue weighted by atomic mass is 79.9. The zero-order chi connectivity index (χ0) is 27.6. The average molecular weight is 582 g/mol. The molecule has 2 heterocycles. The van der Waals surface area contributed by atoms with Gasteiger partial charge in [0, 0.05) is 36.3 Å². The number of rotatable bonds is 4. The topological polar surface area (TPSA) is 84.2 Å². The molecular formula is C28H41BrN2O4S. The SMILES string of the molecule is CBr.CCOC(=O)CC.CCOC(=O)CC.CS.c1ccc2[nH]ccc2c1.c1ccc2[nH]ccc2c1. The third-order valence-electron chi connectivity index (χ3n) is 4.11. The molecule has 0 radical (unpaired) electrons. The number of aromatic nitrogens is 2. The predicted octanol–water partition coefficient (Wildman–Crippen LogP) is 7.81. The Morgan fingerprint density at radius 2 is 1.00 bits per heavy atom. The van der Waals surface area contributed by atoms with Gasteiger partial charge in [-0.15, -0.1) is 0 Å². The number of ether oxygens (including phenoxy) is 2. The van der Waals surface area contributed by atoms with Gasteiger partial charge in [-0.1, -0.05) is 66.2 Å². The maximum atomic E-state index is 10.2. The summed E-state index contributed by atoms with van der Waals surface area (Å²) in [6.07, 6.45) is 6.55. The molecule has 0 atom stereocenters. The Hall–Kier alpha value is -2.71. The van der Waals surface area contributed by atoms with Crippen LogP contribution in [0.4, 0.5) is 0 Å². The molecule has 2 aromatic heterocycles. The van der Waals surface area contributed by atoms with E-state index in [4.69, 9.17) is 0 Å². The van der Waals surface area contributed by atoms with Gasteiger partial charge in [0.15, 0.2) is 0 Å². The summed E-state index contributed by atoms with van der Waals surface area (Å²) >= 11 is 6.47. The molecule has 0 amide bonds. The second-order valence-corrected chi connectivity index (χ2v) is 6.45. The van der Waals surface area contributed by atoms with E-state index >= 15 is 0 Å². The molecule has 0 saturated carbocycles. The fraction of sp³-hybridized carbons (Fsp3) is 0.357. The molecule has 4 aromatic rings. The Kier molecular flexibility index (Phi) is 25.0. The average Bonchev–Trinajstić information content (AvgIpc) is 3.62. The lowest BCUT2D eigenvalue weighted by atomic mass is 10.3. The van der Waals surface area contributed by atoms with Crippen LogP contribution >= 0.6 is 28.6 Å². The Labute approximate surface area is 229 Å². The van der Waals surface area contributed by atoms with E-state index in [1.54, 1.807) is 34.0 Å². The van der Waals surface area contributed by atoms with E-state index in [-0.39, 0.29) is 11.9 Å². The number of H-pyrrole nitrogens is 2. The summed E-state index contributed by atoms with van der Waals surface area (Å²) in [6.45, 7) is 8.14. The van der Waals surface area contributed by atoms with Gasteiger partial charge in [-0.25, -0.2) is 0 Å². The number of para-hydroxylation sites is 2. The number of hydrogen-bond acceptors (Lipinski definition) is 5. The molecule has 4 rings (SSSR count). The molecule has 0 bridgehead atoms. The third kappa shape index (κ3) is 16.8. The van der Waals surface area contributed by atoms with E-state index in [0.29, 0.717) is 26.1 Å². The van der Waals surface area contributed by atoms with E-state index in [1.165, 1.54) is 21.8 Å². The number of nitrogens with one attached hydrogen (secondary N) is 2. The third-order valence-corrected chi connectivity index (χ3v) is 4.11. The minimum Gasteiger partial charge on any atom is -0.466 e. The maximum Gasteiger partial charge on any atom is 0.305 e. The summed E-state index contributed by atoms with van der Waals surface area (Å²) < 4.78 is 9.10. The van der Waals surface area contributed by atoms with Crippen molar-refractivity contribution >= 4 is 62.3 Å². The lowest BCUT2D eigenvalue weighted by molar-refractivity contribution is -0.143. The van der Waals surface area contributed by atoms with Crippen molar-refractivity contribution in [3.05, 3.63) is 73.1 Å². The van der Waals surface area contributed by atoms with Gasteiger partial charge in [-0.2, -0.15) is 12.6 Å². The highest BCUT2D eigenvalue weighted by Crippen LogP contribution is 2.09. The molecule has 200 valence electrons. The number of benzene rings is 2. The number of esters is 2. The number of halogens is 1. The number of aromatic amines is 2. The second-order valence-electron chi connectivity index (χ2n) is 6.45. The van der Waals surface area contributed by atoms with Gasteiger partial charge < -0.3 is 19.4 Å². The van der Waals surface area contributed by atoms with E-state index in [0.717, 1.165) is 0 Å². The van der Waals surface area contributed by atoms with E-state index in [9.17, 15) is 9.59 Å². The van der Waals surface area contributed by atoms with E-state index in [1.807, 2.05) is 42.5 Å². The summed E-state index contributed by atoms with van der Waals surface area (Å²) in [5.74, 6) is 1.57. The van der Waals surface area contributed by atoms with Crippen LogP contribution in [0.3, 0.4) is 0 Å². The van der Waals surface area contributed by atoms with Crippen molar-refractivity contribution in [2.75, 3.05) is 25.3 Å². The molecule has 0 saturated heterocycles. The molecule has 8 heteroatoms. The lowest BCUT2D eigenvalue weighted by Gasteiger charge is -1.93. The maximum absolute atomic E-state index is 10.2. The second kappa shape index (κ2) is 25.4. The van der Waals surface area contributed by atoms with Crippen molar-refractivity contribution in [1.29, 1.82) is 0 Å². The number of carbonyl (C=O) groups excluding carboxylic acids is 2. The smallest absolute Gasteiger partial charge is 0.305 e. The molecule has 0 unspecified atom stereocenters. The van der Waals surface area contributed by atoms with Gasteiger partial charge >= 0.3 is 11.9 Å². The summed E-state index contributed by atoms with van der Waals surface area (Å²) in [7, 11) is 0. The minimum absolute atomic E-state index is 0.123. The number of fused-ring (bicyclic) bond motifs is 2. The van der Waals surface area contributed by atoms with Gasteiger partial charge in [-0.3, -0.25) is 9.59 Å². The van der Waals surface area contributed by atoms with Crippen molar-refractivity contribution in [3.63, 3.8) is 0 Å². The predicted molar refractivity (Wildman–Crippen MR) is 160 cm³/mol. The molecule has 0 fully saturated rings. The lowest BCUT2D eigenvalue weighted by Crippen LogP contribution is -2.00. The number of carbonyl (C=O) groups is 2. The molecule has 0 aliphatic carbocycles. The van der Waals surface area contributed by atoms with Crippen molar-refractivity contribution in [2.45, 2.75) is 40.5 Å². The molecule has 0 spiro atoms. The minimum atomic E-state index is -0.123. The van der Waals surface area contributed by atoms with Gasteiger partial charge in [-0.05, 0) is 61.0 Å². The van der Waals surface area contributed by atoms with Gasteiger partial charge in [0.2, 0.25) is 0 Å². The molecule has 6 nitrogen and oxygen atoms in total. The summed E-state index contributed by atoms with van der Waals surface area (Å²) in [5.41, 5.74) is 2.41. The fourth-order valence-electron chi connectivity index (χ4n) is 2.52. The van der Waals surface area contributed by atoms with E-state index < -0.39 is 0 Å². The normalized spacial score (nSPS) is 8.67. The quantitative estimate of drug-likeness (QED) is 0.130. The Morgan fingerprint density at radius 1 is 0.667 bits per heavy atom. The van der Waals surface area contributed by atoms with Crippen molar-refractivity contribution in [2.24, 2.45) is 0 Å². The summed E-state index contributed by atoms with van der Waals surface area (Å²) in [6, 6.07) is 20.6. The first kappa shape index (κ1) is 35.5. The summed E-state index contributed by atoms with van der Waals surface area (Å²) in [5, 5.41) is 2.55. The van der Waals surface area contributed by atoms with Crippen LogP contribution in [-0.4, -0.2) is 47.2 Å². The monoisotopic (exact) mass is 580 g/mol. The van der Waals surface area contributed by atoms with Crippen molar-refractivity contribution in [3.8, 4) is 0 Å². The first-order valence-corrected chi connectivity index (χ1v) is 14.2. The summed E-state index contributed by atoms with van der Waals surface area (Å²) in [4.78, 5) is 26.6. The highest BCUT2D eigenvalue weighted by Gasteiger charge is 1.92. The van der Waals surface area contributed by atoms with Gasteiger partial charge in [0.05, 0.1) is 13.2 Å². The van der Waals surface area contributed by atoms with Crippen LogP contribution in [0.15, 0.2) is 73.1 Å². The fourth-order valence-corrected chi connectivity index (χ4v) is 2.52. The number of hydrogen-bond donors (Lipinski definition) is 3. The molecule has 36 heavy (non-hydrogen) atoms. The zero-order valence-electron chi connectivity index (χ0n) is 22.2. The van der Waals surface area contributed by atoms with Crippen LogP contribution in [0.2, 0.25) is 0 Å². The first-order chi connectivity index (χ1) is 17.5. The van der Waals surface area contributed by atoms with Crippen LogP contribution in [0.5, 0.6) is 0 Å². The zero-order valence-corrected chi connectivity index (χ0v) is 24.7. The van der Waals surface area contributed by atoms with Crippen molar-refractivity contribution < 1.29 is 19.1 Å². The number of thiol groups is 1. The van der Waals surface area contributed by atoms with Crippen molar-refractivity contribution in [1.82, 2.24) is 9.97 Å². The van der Waals surface area contributed by atoms with Crippen LogP contribution < -0.4 is 0 Å². The van der Waals surface area contributed by atoms with Crippen LogP contribution in [0, 0.1) is 0 Å². The van der Waals surface area contributed by atoms with Gasteiger partial charge in [0.1, 0.15) is 0 Å². The van der Waals surface area contributed by atoms with E-state index in [2.05, 4.69) is 84.4 Å². The van der Waals surface area contributed by atoms with Crippen LogP contribution in [0.1, 0.15) is 40.5 Å². The Bertz CT molecular complexity index is 906. The van der Waals surface area contributed by atoms with Gasteiger partial charge in [0.25, 0.3) is 0 Å². The molecule has 2 aromatic carbocycles. The number of alkyl halides is 1. The molecule has 0 aliphatic rings. The molecular weight excluding hydrogens is 540 g/mol. The molecule has 2 N–H and O–H groups in total.